The van der Waals surface area contributed by atoms with Crippen molar-refractivity contribution in [2.45, 2.75) is 38.3 Å². The van der Waals surface area contributed by atoms with Crippen LogP contribution < -0.4 is 5.32 Å². The summed E-state index contributed by atoms with van der Waals surface area (Å²) in [5.41, 5.74) is 1.44. The molecule has 1 heterocycles. The molecule has 1 aromatic heterocycles. The Labute approximate surface area is 113 Å². The summed E-state index contributed by atoms with van der Waals surface area (Å²) in [6.45, 7) is 3.33. The van der Waals surface area contributed by atoms with Crippen molar-refractivity contribution in [3.05, 3.63) is 20.8 Å². The van der Waals surface area contributed by atoms with Gasteiger partial charge in [-0.3, -0.25) is 0 Å². The number of hydrogen-bond donors (Lipinski definition) is 1. The first kappa shape index (κ1) is 13.3. The fraction of sp³-hybridized carbons (Fsp3) is 0.692. The molecule has 96 valence electrons. The lowest BCUT2D eigenvalue weighted by atomic mass is 9.93. The van der Waals surface area contributed by atoms with Crippen molar-refractivity contribution in [1.29, 1.82) is 0 Å². The predicted molar refractivity (Wildman–Crippen MR) is 76.2 cm³/mol. The molecule has 17 heavy (non-hydrogen) atoms. The third kappa shape index (κ3) is 3.44. The first-order valence-electron chi connectivity index (χ1n) is 6.25. The molecule has 2 rings (SSSR count). The molecule has 0 saturated carbocycles. The standard InChI is InChI=1S/C13H21ClN2S/c1-9(8-16(2)3)15-11-5-4-6-12-10(11)7-13(14)17-12/h7,9,11,15H,4-6,8H2,1-3H3. The molecule has 0 spiro atoms. The second kappa shape index (κ2) is 5.70. The first-order valence-corrected chi connectivity index (χ1v) is 7.44. The van der Waals surface area contributed by atoms with Gasteiger partial charge in [0.05, 0.1) is 4.34 Å². The molecule has 2 atom stereocenters. The highest BCUT2D eigenvalue weighted by atomic mass is 35.5. The van der Waals surface area contributed by atoms with Gasteiger partial charge in [-0.25, -0.2) is 0 Å². The van der Waals surface area contributed by atoms with Crippen LogP contribution in [0.3, 0.4) is 0 Å². The van der Waals surface area contributed by atoms with Crippen LogP contribution in [0, 0.1) is 0 Å². The Morgan fingerprint density at radius 2 is 2.35 bits per heavy atom. The van der Waals surface area contributed by atoms with E-state index in [4.69, 9.17) is 11.6 Å². The topological polar surface area (TPSA) is 15.3 Å². The molecular weight excluding hydrogens is 252 g/mol. The molecule has 1 aliphatic rings. The molecule has 0 aromatic carbocycles. The summed E-state index contributed by atoms with van der Waals surface area (Å²) in [4.78, 5) is 3.71. The van der Waals surface area contributed by atoms with Crippen LogP contribution in [-0.4, -0.2) is 31.6 Å². The number of halogens is 1. The molecule has 1 N–H and O–H groups in total. The third-order valence-corrected chi connectivity index (χ3v) is 4.55. The maximum atomic E-state index is 6.12. The Morgan fingerprint density at radius 1 is 1.59 bits per heavy atom. The van der Waals surface area contributed by atoms with Gasteiger partial charge in [0.2, 0.25) is 0 Å². The van der Waals surface area contributed by atoms with E-state index in [2.05, 4.69) is 37.3 Å². The maximum Gasteiger partial charge on any atom is 0.0934 e. The SMILES string of the molecule is CC(CN(C)C)NC1CCCc2sc(Cl)cc21. The lowest BCUT2D eigenvalue weighted by molar-refractivity contribution is 0.318. The molecule has 4 heteroatoms. The van der Waals surface area contributed by atoms with Crippen LogP contribution in [-0.2, 0) is 6.42 Å². The average molecular weight is 273 g/mol. The van der Waals surface area contributed by atoms with E-state index in [1.807, 2.05) is 0 Å². The minimum absolute atomic E-state index is 0.498. The predicted octanol–water partition coefficient (Wildman–Crippen LogP) is 3.32. The zero-order valence-corrected chi connectivity index (χ0v) is 12.4. The monoisotopic (exact) mass is 272 g/mol. The summed E-state index contributed by atoms with van der Waals surface area (Å²) in [6, 6.07) is 3.16. The van der Waals surface area contributed by atoms with Crippen LogP contribution in [0.25, 0.3) is 0 Å². The van der Waals surface area contributed by atoms with Gasteiger partial charge in [-0.15, -0.1) is 11.3 Å². The molecular formula is C13H21ClN2S. The van der Waals surface area contributed by atoms with Crippen LogP contribution in [0.2, 0.25) is 4.34 Å². The Kier molecular flexibility index (Phi) is 4.47. The van der Waals surface area contributed by atoms with Gasteiger partial charge in [0.15, 0.2) is 0 Å². The van der Waals surface area contributed by atoms with E-state index < -0.39 is 0 Å². The molecule has 1 aromatic rings. The molecule has 2 unspecified atom stereocenters. The van der Waals surface area contributed by atoms with E-state index in [1.165, 1.54) is 29.7 Å². The van der Waals surface area contributed by atoms with Crippen molar-refractivity contribution in [1.82, 2.24) is 10.2 Å². The van der Waals surface area contributed by atoms with E-state index in [0.29, 0.717) is 12.1 Å². The van der Waals surface area contributed by atoms with Crippen LogP contribution in [0.4, 0.5) is 0 Å². The fourth-order valence-corrected chi connectivity index (χ4v) is 4.02. The number of nitrogens with zero attached hydrogens (tertiary/aromatic N) is 1. The van der Waals surface area contributed by atoms with Crippen molar-refractivity contribution in [2.24, 2.45) is 0 Å². The van der Waals surface area contributed by atoms with E-state index in [9.17, 15) is 0 Å². The molecule has 0 amide bonds. The van der Waals surface area contributed by atoms with E-state index in [0.717, 1.165) is 10.9 Å². The zero-order valence-electron chi connectivity index (χ0n) is 10.8. The lowest BCUT2D eigenvalue weighted by Gasteiger charge is -2.28. The summed E-state index contributed by atoms with van der Waals surface area (Å²) in [6.07, 6.45) is 3.71. The molecule has 0 aliphatic heterocycles. The van der Waals surface area contributed by atoms with Gasteiger partial charge >= 0.3 is 0 Å². The highest BCUT2D eigenvalue weighted by Gasteiger charge is 2.23. The van der Waals surface area contributed by atoms with Crippen molar-refractivity contribution in [3.63, 3.8) is 0 Å². The molecule has 2 nitrogen and oxygen atoms in total. The van der Waals surface area contributed by atoms with Gasteiger partial charge < -0.3 is 10.2 Å². The molecule has 0 saturated heterocycles. The first-order chi connectivity index (χ1) is 8.06. The second-order valence-electron chi connectivity index (χ2n) is 5.20. The van der Waals surface area contributed by atoms with Gasteiger partial charge in [0, 0.05) is 23.5 Å². The van der Waals surface area contributed by atoms with Gasteiger partial charge in [-0.2, -0.15) is 0 Å². The van der Waals surface area contributed by atoms with Crippen molar-refractivity contribution >= 4 is 22.9 Å². The van der Waals surface area contributed by atoms with Gasteiger partial charge in [-0.05, 0) is 51.9 Å². The van der Waals surface area contributed by atoms with E-state index in [1.54, 1.807) is 11.3 Å². The van der Waals surface area contributed by atoms with Crippen molar-refractivity contribution < 1.29 is 0 Å². The number of nitrogens with one attached hydrogen (secondary N) is 1. The zero-order chi connectivity index (χ0) is 12.4. The summed E-state index contributed by atoms with van der Waals surface area (Å²) < 4.78 is 0.934. The van der Waals surface area contributed by atoms with Crippen LogP contribution in [0.1, 0.15) is 36.2 Å². The Balaban J connectivity index is 2.03. The lowest BCUT2D eigenvalue weighted by Crippen LogP contribution is -2.38. The highest BCUT2D eigenvalue weighted by molar-refractivity contribution is 7.16. The highest BCUT2D eigenvalue weighted by Crippen LogP contribution is 2.37. The number of likely N-dealkylation sites (N-methyl/N-ethyl adjacent to an activating group) is 1. The van der Waals surface area contributed by atoms with Crippen LogP contribution in [0.15, 0.2) is 6.07 Å². The van der Waals surface area contributed by atoms with E-state index >= 15 is 0 Å². The van der Waals surface area contributed by atoms with Gasteiger partial charge in [0.1, 0.15) is 0 Å². The maximum absolute atomic E-state index is 6.12. The fourth-order valence-electron chi connectivity index (χ4n) is 2.64. The quantitative estimate of drug-likeness (QED) is 0.905. The minimum Gasteiger partial charge on any atom is -0.308 e. The largest absolute Gasteiger partial charge is 0.308 e. The number of hydrogen-bond acceptors (Lipinski definition) is 3. The Morgan fingerprint density at radius 3 is 3.06 bits per heavy atom. The molecule has 0 fully saturated rings. The van der Waals surface area contributed by atoms with E-state index in [-0.39, 0.29) is 0 Å². The average Bonchev–Trinajstić information content (AvgIpc) is 2.58. The van der Waals surface area contributed by atoms with Gasteiger partial charge in [0.25, 0.3) is 0 Å². The van der Waals surface area contributed by atoms with Crippen LogP contribution >= 0.6 is 22.9 Å². The summed E-state index contributed by atoms with van der Waals surface area (Å²) in [5.74, 6) is 0. The summed E-state index contributed by atoms with van der Waals surface area (Å²) in [7, 11) is 4.23. The van der Waals surface area contributed by atoms with Gasteiger partial charge in [-0.1, -0.05) is 11.6 Å². The number of rotatable bonds is 4. The normalized spacial score (nSPS) is 21.6. The summed E-state index contributed by atoms with van der Waals surface area (Å²) >= 11 is 7.87. The molecule has 1 aliphatic carbocycles. The molecule has 0 radical (unpaired) electrons. The summed E-state index contributed by atoms with van der Waals surface area (Å²) in [5, 5.41) is 3.73. The van der Waals surface area contributed by atoms with Crippen molar-refractivity contribution in [2.75, 3.05) is 20.6 Å². The molecule has 0 bridgehead atoms. The Bertz CT molecular complexity index is 375. The van der Waals surface area contributed by atoms with Crippen molar-refractivity contribution in [3.8, 4) is 0 Å². The number of fused-ring (bicyclic) bond motifs is 1. The third-order valence-electron chi connectivity index (χ3n) is 3.21. The number of thiophene rings is 1. The minimum atomic E-state index is 0.498. The second-order valence-corrected chi connectivity index (χ2v) is 6.97. The smallest absolute Gasteiger partial charge is 0.0934 e. The Hall–Kier alpha value is -0.0900. The number of aryl methyl sites for hydroxylation is 1. The van der Waals surface area contributed by atoms with Crippen LogP contribution in [0.5, 0.6) is 0 Å².